The fourth-order valence-corrected chi connectivity index (χ4v) is 5.76. The molecule has 2 aliphatic rings. The topological polar surface area (TPSA) is 102 Å². The van der Waals surface area contributed by atoms with Gasteiger partial charge in [-0.2, -0.15) is 0 Å². The number of aliphatic carboxylic acids is 1. The van der Waals surface area contributed by atoms with Crippen molar-refractivity contribution < 1.29 is 29.0 Å². The van der Waals surface area contributed by atoms with Gasteiger partial charge in [-0.1, -0.05) is 29.8 Å². The van der Waals surface area contributed by atoms with Gasteiger partial charge in [0, 0.05) is 10.4 Å². The predicted octanol–water partition coefficient (Wildman–Crippen LogP) is 4.41. The molecule has 170 valence electrons. The van der Waals surface area contributed by atoms with Crippen LogP contribution in [0.3, 0.4) is 0 Å². The van der Waals surface area contributed by atoms with Gasteiger partial charge in [-0.05, 0) is 46.1 Å². The molecule has 3 heterocycles. The van der Waals surface area contributed by atoms with E-state index in [9.17, 15) is 19.5 Å². The second kappa shape index (κ2) is 8.67. The van der Waals surface area contributed by atoms with Gasteiger partial charge in [0.2, 0.25) is 5.91 Å². The Labute approximate surface area is 190 Å². The van der Waals surface area contributed by atoms with E-state index in [0.717, 1.165) is 21.6 Å². The number of benzene rings is 1. The molecule has 2 aromatic rings. The van der Waals surface area contributed by atoms with Crippen LogP contribution in [0.15, 0.2) is 24.3 Å². The van der Waals surface area contributed by atoms with Crippen molar-refractivity contribution in [1.29, 1.82) is 0 Å². The van der Waals surface area contributed by atoms with Crippen molar-refractivity contribution in [3.8, 4) is 11.1 Å². The van der Waals surface area contributed by atoms with Crippen molar-refractivity contribution in [3.63, 3.8) is 0 Å². The second-order valence-corrected chi connectivity index (χ2v) is 9.95. The number of carboxylic acid groups (broad SMARTS) is 1. The number of hydrogen-bond donors (Lipinski definition) is 2. The summed E-state index contributed by atoms with van der Waals surface area (Å²) >= 11 is 1.29. The first-order valence-corrected chi connectivity index (χ1v) is 11.6. The maximum Gasteiger partial charge on any atom is 0.342 e. The van der Waals surface area contributed by atoms with Crippen molar-refractivity contribution in [2.24, 2.45) is 11.8 Å². The summed E-state index contributed by atoms with van der Waals surface area (Å²) in [5, 5.41) is 12.9. The number of rotatable bonds is 6. The maximum absolute atomic E-state index is 13.2. The van der Waals surface area contributed by atoms with Crippen LogP contribution in [-0.2, 0) is 19.1 Å². The first kappa shape index (κ1) is 22.5. The Morgan fingerprint density at radius 3 is 2.31 bits per heavy atom. The molecular formula is C24H27NO6S. The predicted molar refractivity (Wildman–Crippen MR) is 121 cm³/mol. The molecule has 1 aromatic heterocycles. The highest BCUT2D eigenvalue weighted by Crippen LogP contribution is 2.45. The monoisotopic (exact) mass is 457 g/mol. The molecule has 0 aliphatic carbocycles. The summed E-state index contributed by atoms with van der Waals surface area (Å²) in [6.07, 6.45) is 0.129. The second-order valence-electron chi connectivity index (χ2n) is 8.73. The van der Waals surface area contributed by atoms with E-state index in [1.54, 1.807) is 13.8 Å². The number of amides is 1. The fraction of sp³-hybridized carbons (Fsp3) is 0.458. The quantitative estimate of drug-likeness (QED) is 0.623. The smallest absolute Gasteiger partial charge is 0.342 e. The van der Waals surface area contributed by atoms with Gasteiger partial charge < -0.3 is 19.9 Å². The van der Waals surface area contributed by atoms with Gasteiger partial charge in [0.1, 0.15) is 10.6 Å². The number of anilines is 1. The van der Waals surface area contributed by atoms with E-state index in [0.29, 0.717) is 23.4 Å². The highest BCUT2D eigenvalue weighted by atomic mass is 32.1. The number of aryl methyl sites for hydroxylation is 2. The molecule has 32 heavy (non-hydrogen) atoms. The van der Waals surface area contributed by atoms with Crippen molar-refractivity contribution in [1.82, 2.24) is 0 Å². The zero-order valence-electron chi connectivity index (χ0n) is 18.5. The Balaban J connectivity index is 1.71. The van der Waals surface area contributed by atoms with E-state index in [4.69, 9.17) is 9.47 Å². The van der Waals surface area contributed by atoms with Crippen LogP contribution in [0.4, 0.5) is 5.00 Å². The van der Waals surface area contributed by atoms with E-state index in [-0.39, 0.29) is 6.10 Å². The summed E-state index contributed by atoms with van der Waals surface area (Å²) in [6, 6.07) is 7.80. The van der Waals surface area contributed by atoms with Crippen molar-refractivity contribution in [2.45, 2.75) is 58.8 Å². The van der Waals surface area contributed by atoms with Crippen LogP contribution in [0.1, 0.15) is 47.5 Å². The van der Waals surface area contributed by atoms with E-state index < -0.39 is 41.9 Å². The number of carboxylic acids is 1. The third kappa shape index (κ3) is 4.04. The Morgan fingerprint density at radius 1 is 1.09 bits per heavy atom. The summed E-state index contributed by atoms with van der Waals surface area (Å²) in [4.78, 5) is 38.9. The number of carbonyl (C=O) groups is 3. The molecule has 0 unspecified atom stereocenters. The Bertz CT molecular complexity index is 1060. The molecule has 2 saturated heterocycles. The normalized spacial score (nSPS) is 24.0. The average molecular weight is 458 g/mol. The molecule has 1 amide bonds. The molecule has 8 heteroatoms. The number of hydrogen-bond acceptors (Lipinski definition) is 6. The summed E-state index contributed by atoms with van der Waals surface area (Å²) in [5.74, 6) is -3.64. The van der Waals surface area contributed by atoms with Crippen LogP contribution in [0.25, 0.3) is 11.1 Å². The van der Waals surface area contributed by atoms with E-state index in [1.165, 1.54) is 11.3 Å². The summed E-state index contributed by atoms with van der Waals surface area (Å²) < 4.78 is 11.2. The largest absolute Gasteiger partial charge is 0.481 e. The summed E-state index contributed by atoms with van der Waals surface area (Å²) in [7, 11) is 0. The third-order valence-electron chi connectivity index (χ3n) is 6.07. The molecule has 4 atom stereocenters. The number of esters is 1. The SMILES string of the molecule is Cc1ccc(-c2c(C)sc(NC(=O)[C@@H]3[C@H](C(=O)O)[C@H]4CC[C@H]3O4)c2C(=O)OC(C)C)cc1. The lowest BCUT2D eigenvalue weighted by Crippen LogP contribution is -2.41. The molecule has 2 bridgehead atoms. The number of carbonyl (C=O) groups excluding carboxylic acids is 2. The van der Waals surface area contributed by atoms with Crippen LogP contribution in [0.2, 0.25) is 0 Å². The number of thiophene rings is 1. The molecule has 2 aliphatic heterocycles. The zero-order chi connectivity index (χ0) is 23.2. The standard InChI is InChI=1S/C24H27NO6S/c1-11(2)30-24(29)20-17(14-7-5-12(3)6-8-14)13(4)32-22(20)25-21(26)18-15-9-10-16(31-15)19(18)23(27)28/h5-8,11,15-16,18-19H,9-10H2,1-4H3,(H,25,26)(H,27,28)/t15-,16-,18+,19-/m1/s1. The Hall–Kier alpha value is -2.71. The minimum absolute atomic E-state index is 0.300. The van der Waals surface area contributed by atoms with Crippen LogP contribution in [0, 0.1) is 25.7 Å². The Kier molecular flexibility index (Phi) is 6.09. The molecule has 0 saturated carbocycles. The minimum Gasteiger partial charge on any atom is -0.481 e. The Morgan fingerprint density at radius 2 is 1.72 bits per heavy atom. The molecule has 2 N–H and O–H groups in total. The van der Waals surface area contributed by atoms with Gasteiger partial charge in [-0.15, -0.1) is 11.3 Å². The van der Waals surface area contributed by atoms with Crippen LogP contribution >= 0.6 is 11.3 Å². The molecule has 0 radical (unpaired) electrons. The van der Waals surface area contributed by atoms with E-state index >= 15 is 0 Å². The average Bonchev–Trinajstić information content (AvgIpc) is 3.41. The lowest BCUT2D eigenvalue weighted by Gasteiger charge is -2.23. The fourth-order valence-electron chi connectivity index (χ4n) is 4.69. The molecular weight excluding hydrogens is 430 g/mol. The number of nitrogens with one attached hydrogen (secondary N) is 1. The first-order valence-electron chi connectivity index (χ1n) is 10.8. The van der Waals surface area contributed by atoms with Gasteiger partial charge >= 0.3 is 11.9 Å². The van der Waals surface area contributed by atoms with Crippen LogP contribution in [-0.4, -0.2) is 41.3 Å². The van der Waals surface area contributed by atoms with E-state index in [2.05, 4.69) is 5.32 Å². The maximum atomic E-state index is 13.2. The molecule has 1 aromatic carbocycles. The first-order chi connectivity index (χ1) is 15.2. The summed E-state index contributed by atoms with van der Waals surface area (Å²) in [6.45, 7) is 7.42. The molecule has 7 nitrogen and oxygen atoms in total. The van der Waals surface area contributed by atoms with Gasteiger partial charge in [0.25, 0.3) is 0 Å². The molecule has 4 rings (SSSR count). The van der Waals surface area contributed by atoms with Crippen molar-refractivity contribution in [2.75, 3.05) is 5.32 Å². The van der Waals surface area contributed by atoms with Gasteiger partial charge in [0.15, 0.2) is 0 Å². The van der Waals surface area contributed by atoms with Crippen LogP contribution < -0.4 is 5.32 Å². The minimum atomic E-state index is -1.03. The van der Waals surface area contributed by atoms with Crippen LogP contribution in [0.5, 0.6) is 0 Å². The lowest BCUT2D eigenvalue weighted by atomic mass is 9.78. The number of ether oxygens (including phenoxy) is 2. The summed E-state index contributed by atoms with van der Waals surface area (Å²) in [5.41, 5.74) is 2.97. The van der Waals surface area contributed by atoms with Crippen molar-refractivity contribution in [3.05, 3.63) is 40.3 Å². The van der Waals surface area contributed by atoms with Gasteiger partial charge in [-0.3, -0.25) is 9.59 Å². The highest BCUT2D eigenvalue weighted by molar-refractivity contribution is 7.17. The van der Waals surface area contributed by atoms with Gasteiger partial charge in [-0.25, -0.2) is 4.79 Å². The van der Waals surface area contributed by atoms with Crippen molar-refractivity contribution >= 4 is 34.2 Å². The highest BCUT2D eigenvalue weighted by Gasteiger charge is 2.55. The van der Waals surface area contributed by atoms with Gasteiger partial charge in [0.05, 0.1) is 30.1 Å². The molecule has 0 spiro atoms. The lowest BCUT2D eigenvalue weighted by molar-refractivity contribution is -0.147. The van der Waals surface area contributed by atoms with E-state index in [1.807, 2.05) is 38.1 Å². The zero-order valence-corrected chi connectivity index (χ0v) is 19.3. The third-order valence-corrected chi connectivity index (χ3v) is 7.09. The number of fused-ring (bicyclic) bond motifs is 2. The molecule has 2 fully saturated rings.